The SMILES string of the molecule is C[C@H](Sc1ncccc1C(F)(F)F)c1ccnn1C(=O)Cc1ccccc1. The molecule has 27 heavy (non-hydrogen) atoms. The van der Waals surface area contributed by atoms with E-state index >= 15 is 0 Å². The van der Waals surface area contributed by atoms with Gasteiger partial charge in [-0.25, -0.2) is 9.67 Å². The van der Waals surface area contributed by atoms with Crippen LogP contribution in [0.15, 0.2) is 66.0 Å². The number of alkyl halides is 3. The number of halogens is 3. The quantitative estimate of drug-likeness (QED) is 0.572. The lowest BCUT2D eigenvalue weighted by Gasteiger charge is -2.16. The van der Waals surface area contributed by atoms with E-state index in [-0.39, 0.29) is 17.4 Å². The standard InChI is InChI=1S/C19H16F3N3OS/c1-13(27-18-15(19(20,21)22)8-5-10-23-18)16-9-11-24-25(16)17(26)12-14-6-3-2-4-7-14/h2-11,13H,12H2,1H3/t13-/m0/s1. The fourth-order valence-corrected chi connectivity index (χ4v) is 3.67. The van der Waals surface area contributed by atoms with Gasteiger partial charge in [-0.15, -0.1) is 0 Å². The Balaban J connectivity index is 1.81. The van der Waals surface area contributed by atoms with Gasteiger partial charge in [0.25, 0.3) is 5.91 Å². The molecule has 0 aliphatic heterocycles. The van der Waals surface area contributed by atoms with Gasteiger partial charge >= 0.3 is 6.18 Å². The molecule has 8 heteroatoms. The number of aromatic nitrogens is 3. The maximum Gasteiger partial charge on any atom is 0.419 e. The van der Waals surface area contributed by atoms with E-state index in [1.54, 1.807) is 13.0 Å². The lowest BCUT2D eigenvalue weighted by molar-refractivity contribution is -0.140. The Morgan fingerprint density at radius 2 is 1.85 bits per heavy atom. The first kappa shape index (κ1) is 19.2. The van der Waals surface area contributed by atoms with Crippen molar-refractivity contribution in [2.75, 3.05) is 0 Å². The molecule has 0 saturated carbocycles. The van der Waals surface area contributed by atoms with Gasteiger partial charge in [0.05, 0.1) is 22.9 Å². The molecular weight excluding hydrogens is 375 g/mol. The highest BCUT2D eigenvalue weighted by Gasteiger charge is 2.34. The Kier molecular flexibility index (Phi) is 5.65. The minimum Gasteiger partial charge on any atom is -0.272 e. The highest BCUT2D eigenvalue weighted by atomic mass is 32.2. The monoisotopic (exact) mass is 391 g/mol. The maximum atomic E-state index is 13.2. The second-order valence-corrected chi connectivity index (χ2v) is 7.17. The predicted molar refractivity (Wildman–Crippen MR) is 96.5 cm³/mol. The smallest absolute Gasteiger partial charge is 0.272 e. The van der Waals surface area contributed by atoms with Gasteiger partial charge in [0.2, 0.25) is 0 Å². The maximum absolute atomic E-state index is 13.2. The number of carbonyl (C=O) groups is 1. The van der Waals surface area contributed by atoms with Crippen molar-refractivity contribution in [3.63, 3.8) is 0 Å². The molecule has 2 heterocycles. The van der Waals surface area contributed by atoms with Crippen LogP contribution >= 0.6 is 11.8 Å². The van der Waals surface area contributed by atoms with Crippen LogP contribution in [0.4, 0.5) is 13.2 Å². The summed E-state index contributed by atoms with van der Waals surface area (Å²) in [5, 5.41) is 3.49. The zero-order valence-corrected chi connectivity index (χ0v) is 15.2. The van der Waals surface area contributed by atoms with Gasteiger partial charge in [0, 0.05) is 12.4 Å². The molecule has 3 aromatic rings. The Bertz CT molecular complexity index is 925. The summed E-state index contributed by atoms with van der Waals surface area (Å²) in [7, 11) is 0. The van der Waals surface area contributed by atoms with Crippen LogP contribution in [0.5, 0.6) is 0 Å². The molecule has 0 N–H and O–H groups in total. The number of rotatable bonds is 5. The summed E-state index contributed by atoms with van der Waals surface area (Å²) in [6, 6.07) is 13.1. The van der Waals surface area contributed by atoms with E-state index in [1.165, 1.54) is 23.1 Å². The van der Waals surface area contributed by atoms with Crippen LogP contribution in [0.1, 0.15) is 33.8 Å². The Morgan fingerprint density at radius 1 is 1.11 bits per heavy atom. The second-order valence-electron chi connectivity index (χ2n) is 5.84. The lowest BCUT2D eigenvalue weighted by Crippen LogP contribution is -2.18. The number of nitrogens with zero attached hydrogens (tertiary/aromatic N) is 3. The molecule has 0 aliphatic carbocycles. The van der Waals surface area contributed by atoms with Crippen LogP contribution in [0, 0.1) is 0 Å². The van der Waals surface area contributed by atoms with Crippen molar-refractivity contribution in [2.45, 2.75) is 29.8 Å². The molecule has 1 atom stereocenters. The molecule has 0 spiro atoms. The average molecular weight is 391 g/mol. The molecule has 0 bridgehead atoms. The van der Waals surface area contributed by atoms with E-state index in [9.17, 15) is 18.0 Å². The Labute approximate surface area is 158 Å². The van der Waals surface area contributed by atoms with E-state index in [4.69, 9.17) is 0 Å². The summed E-state index contributed by atoms with van der Waals surface area (Å²) in [6.45, 7) is 1.73. The second kappa shape index (κ2) is 7.96. The zero-order chi connectivity index (χ0) is 19.4. The third kappa shape index (κ3) is 4.57. The number of hydrogen-bond donors (Lipinski definition) is 0. The summed E-state index contributed by atoms with van der Waals surface area (Å²) in [5.74, 6) is -0.245. The van der Waals surface area contributed by atoms with Crippen LogP contribution in [-0.4, -0.2) is 20.7 Å². The van der Waals surface area contributed by atoms with Gasteiger partial charge in [-0.1, -0.05) is 42.1 Å². The van der Waals surface area contributed by atoms with E-state index in [1.807, 2.05) is 30.3 Å². The molecule has 1 aromatic carbocycles. The third-order valence-corrected chi connectivity index (χ3v) is 5.03. The number of pyridine rings is 1. The van der Waals surface area contributed by atoms with E-state index in [0.717, 1.165) is 23.4 Å². The van der Waals surface area contributed by atoms with Gasteiger partial charge in [-0.3, -0.25) is 4.79 Å². The Hall–Kier alpha value is -2.61. The number of hydrogen-bond acceptors (Lipinski definition) is 4. The summed E-state index contributed by atoms with van der Waals surface area (Å²) < 4.78 is 40.7. The minimum atomic E-state index is -4.49. The molecule has 140 valence electrons. The molecule has 0 amide bonds. The Morgan fingerprint density at radius 3 is 2.56 bits per heavy atom. The van der Waals surface area contributed by atoms with Crippen molar-refractivity contribution in [3.8, 4) is 0 Å². The highest BCUT2D eigenvalue weighted by Crippen LogP contribution is 2.40. The molecule has 0 radical (unpaired) electrons. The van der Waals surface area contributed by atoms with Crippen LogP contribution in [0.25, 0.3) is 0 Å². The number of benzene rings is 1. The summed E-state index contributed by atoms with van der Waals surface area (Å²) in [6.07, 6.45) is -1.54. The fourth-order valence-electron chi connectivity index (χ4n) is 2.60. The van der Waals surface area contributed by atoms with Crippen LogP contribution in [0.2, 0.25) is 0 Å². The summed E-state index contributed by atoms with van der Waals surface area (Å²) in [5.41, 5.74) is 0.580. The van der Waals surface area contributed by atoms with E-state index in [2.05, 4.69) is 10.1 Å². The minimum absolute atomic E-state index is 0.124. The summed E-state index contributed by atoms with van der Waals surface area (Å²) >= 11 is 0.948. The van der Waals surface area contributed by atoms with Gasteiger partial charge in [-0.2, -0.15) is 18.3 Å². The molecule has 0 aliphatic rings. The first-order valence-corrected chi connectivity index (χ1v) is 9.04. The molecular formula is C19H16F3N3OS. The normalized spacial score (nSPS) is 12.7. The van der Waals surface area contributed by atoms with Crippen molar-refractivity contribution in [1.82, 2.24) is 14.8 Å². The predicted octanol–water partition coefficient (Wildman–Crippen LogP) is 5.03. The van der Waals surface area contributed by atoms with Crippen molar-refractivity contribution < 1.29 is 18.0 Å². The molecule has 2 aromatic heterocycles. The van der Waals surface area contributed by atoms with Crippen LogP contribution in [0.3, 0.4) is 0 Å². The van der Waals surface area contributed by atoms with Gasteiger partial charge < -0.3 is 0 Å². The lowest BCUT2D eigenvalue weighted by atomic mass is 10.1. The molecule has 4 nitrogen and oxygen atoms in total. The van der Waals surface area contributed by atoms with Crippen molar-refractivity contribution >= 4 is 17.7 Å². The van der Waals surface area contributed by atoms with Crippen LogP contribution < -0.4 is 0 Å². The van der Waals surface area contributed by atoms with E-state index in [0.29, 0.717) is 5.69 Å². The molecule has 0 unspecified atom stereocenters. The van der Waals surface area contributed by atoms with E-state index < -0.39 is 17.0 Å². The van der Waals surface area contributed by atoms with Crippen molar-refractivity contribution in [3.05, 3.63) is 77.7 Å². The first-order chi connectivity index (χ1) is 12.9. The largest absolute Gasteiger partial charge is 0.419 e. The summed E-state index contributed by atoms with van der Waals surface area (Å²) in [4.78, 5) is 16.4. The van der Waals surface area contributed by atoms with Gasteiger partial charge in [-0.05, 0) is 30.7 Å². The molecule has 3 rings (SSSR count). The van der Waals surface area contributed by atoms with Crippen molar-refractivity contribution in [2.24, 2.45) is 0 Å². The average Bonchev–Trinajstić information content (AvgIpc) is 3.12. The molecule has 0 saturated heterocycles. The highest BCUT2D eigenvalue weighted by molar-refractivity contribution is 7.99. The fraction of sp³-hybridized carbons (Fsp3) is 0.211. The number of thioether (sulfide) groups is 1. The van der Waals surface area contributed by atoms with Crippen molar-refractivity contribution in [1.29, 1.82) is 0 Å². The first-order valence-electron chi connectivity index (χ1n) is 8.16. The van der Waals surface area contributed by atoms with Gasteiger partial charge in [0.1, 0.15) is 5.03 Å². The van der Waals surface area contributed by atoms with Crippen LogP contribution in [-0.2, 0) is 12.6 Å². The van der Waals surface area contributed by atoms with Gasteiger partial charge in [0.15, 0.2) is 0 Å². The zero-order valence-electron chi connectivity index (χ0n) is 14.3. The molecule has 0 fully saturated rings. The number of carbonyl (C=O) groups excluding carboxylic acids is 1. The third-order valence-electron chi connectivity index (χ3n) is 3.89. The topological polar surface area (TPSA) is 47.8 Å².